The molecule has 0 aliphatic carbocycles. The van der Waals surface area contributed by atoms with E-state index < -0.39 is 5.97 Å². The number of aromatic nitrogens is 1. The van der Waals surface area contributed by atoms with Crippen molar-refractivity contribution in [3.63, 3.8) is 0 Å². The Hall–Kier alpha value is -5.56. The third-order valence-corrected chi connectivity index (χ3v) is 10.9. The van der Waals surface area contributed by atoms with Gasteiger partial charge in [0.05, 0.1) is 31.4 Å². The van der Waals surface area contributed by atoms with E-state index in [1.54, 1.807) is 25.6 Å². The minimum absolute atomic E-state index is 0.275. The summed E-state index contributed by atoms with van der Waals surface area (Å²) in [4.78, 5) is 18.6. The maximum atomic E-state index is 11.3. The lowest BCUT2D eigenvalue weighted by Crippen LogP contribution is -2.09. The van der Waals surface area contributed by atoms with Gasteiger partial charge < -0.3 is 24.0 Å². The van der Waals surface area contributed by atoms with E-state index in [0.717, 1.165) is 67.1 Å². The zero-order chi connectivity index (χ0) is 35.7. The Balaban J connectivity index is 1.27. The molecule has 9 heteroatoms. The number of carbonyl (C=O) groups is 1. The number of hydrogen-bond acceptors (Lipinski definition) is 6. The van der Waals surface area contributed by atoms with Crippen LogP contribution < -0.4 is 14.4 Å². The summed E-state index contributed by atoms with van der Waals surface area (Å²) >= 11 is 3.21. The van der Waals surface area contributed by atoms with Crippen LogP contribution in [0.5, 0.6) is 11.5 Å². The summed E-state index contributed by atoms with van der Waals surface area (Å²) < 4.78 is 15.4. The Bertz CT molecular complexity index is 2120. The second-order valence-electron chi connectivity index (χ2n) is 11.9. The van der Waals surface area contributed by atoms with Gasteiger partial charge in [0.15, 0.2) is 0 Å². The van der Waals surface area contributed by atoms with E-state index >= 15 is 0 Å². The average Bonchev–Trinajstić information content (AvgIpc) is 3.86. The number of benzene rings is 3. The zero-order valence-electron chi connectivity index (χ0n) is 28.8. The number of hydrogen-bond donors (Lipinski definition) is 1. The monoisotopic (exact) mass is 713 g/mol. The number of methoxy groups -OCH3 is 2. The van der Waals surface area contributed by atoms with E-state index in [-0.39, 0.29) is 5.70 Å². The van der Waals surface area contributed by atoms with Gasteiger partial charge in [-0.25, -0.2) is 4.85 Å². The molecule has 1 N–H and O–H groups in total. The van der Waals surface area contributed by atoms with Crippen LogP contribution >= 0.6 is 22.7 Å². The molecule has 258 valence electrons. The van der Waals surface area contributed by atoms with Gasteiger partial charge in [-0.15, -0.1) is 22.7 Å². The van der Waals surface area contributed by atoms with E-state index in [1.807, 2.05) is 30.3 Å². The minimum atomic E-state index is -1.20. The lowest BCUT2D eigenvalue weighted by atomic mass is 10.1. The first-order valence-corrected chi connectivity index (χ1v) is 18.5. The van der Waals surface area contributed by atoms with Gasteiger partial charge >= 0.3 is 5.97 Å². The highest BCUT2D eigenvalue weighted by atomic mass is 32.1. The molecule has 0 aliphatic heterocycles. The van der Waals surface area contributed by atoms with Gasteiger partial charge in [0.1, 0.15) is 11.5 Å². The molecule has 0 fully saturated rings. The fraction of sp³-hybridized carbons (Fsp3) is 0.190. The molecule has 0 amide bonds. The second-order valence-corrected chi connectivity index (χ2v) is 14.1. The predicted octanol–water partition coefficient (Wildman–Crippen LogP) is 12.0. The highest BCUT2D eigenvalue weighted by Crippen LogP contribution is 2.40. The van der Waals surface area contributed by atoms with Gasteiger partial charge in [-0.3, -0.25) is 4.79 Å². The van der Waals surface area contributed by atoms with Gasteiger partial charge in [-0.2, -0.15) is 0 Å². The molecule has 0 unspecified atom stereocenters. The summed E-state index contributed by atoms with van der Waals surface area (Å²) in [5.74, 6) is 0.410. The van der Waals surface area contributed by atoms with Crippen LogP contribution in [0.1, 0.15) is 48.7 Å². The highest BCUT2D eigenvalue weighted by Gasteiger charge is 2.16. The highest BCUT2D eigenvalue weighted by molar-refractivity contribution is 7.29. The van der Waals surface area contributed by atoms with Crippen LogP contribution in [0, 0.1) is 6.57 Å². The van der Waals surface area contributed by atoms with Gasteiger partial charge in [-0.1, -0.05) is 44.4 Å². The van der Waals surface area contributed by atoms with Gasteiger partial charge in [0.2, 0.25) is 0 Å². The Kier molecular flexibility index (Phi) is 11.4. The normalized spacial score (nSPS) is 11.6. The fourth-order valence-electron chi connectivity index (χ4n) is 5.94. The number of thiophene rings is 2. The summed E-state index contributed by atoms with van der Waals surface area (Å²) in [6.07, 6.45) is 10.5. The number of carboxylic acids is 1. The predicted molar refractivity (Wildman–Crippen MR) is 213 cm³/mol. The summed E-state index contributed by atoms with van der Waals surface area (Å²) in [5, 5.41) is 9.26. The zero-order valence-corrected chi connectivity index (χ0v) is 30.5. The number of unbranched alkanes of at least 4 members (excludes halogenated alkanes) is 3. The van der Waals surface area contributed by atoms with Crippen molar-refractivity contribution in [2.75, 3.05) is 19.1 Å². The van der Waals surface area contributed by atoms with Gasteiger partial charge in [0, 0.05) is 43.6 Å². The molecule has 0 spiro atoms. The van der Waals surface area contributed by atoms with E-state index in [4.69, 9.17) is 16.0 Å². The smallest absolute Gasteiger partial charge is 0.333 e. The first-order chi connectivity index (χ1) is 24.9. The maximum absolute atomic E-state index is 11.3. The Morgan fingerprint density at radius 1 is 0.804 bits per heavy atom. The molecule has 0 atom stereocenters. The summed E-state index contributed by atoms with van der Waals surface area (Å²) in [7, 11) is 3.35. The van der Waals surface area contributed by atoms with Crippen molar-refractivity contribution in [1.82, 2.24) is 4.57 Å². The van der Waals surface area contributed by atoms with Crippen molar-refractivity contribution in [1.29, 1.82) is 0 Å². The van der Waals surface area contributed by atoms with Crippen molar-refractivity contribution in [2.24, 2.45) is 0 Å². The van der Waals surface area contributed by atoms with Crippen molar-refractivity contribution < 1.29 is 19.4 Å². The SMILES string of the molecule is [C-]#[N+]/C(=C\c1cc2sc(-c3ccc(/C=C/c4ccc(N(c5ccc(OC)cc5)c5ccc(OC)cc5)cc4)n3CCCCCC)cc2s1)C(=O)O. The summed E-state index contributed by atoms with van der Waals surface area (Å²) in [6.45, 7) is 10.3. The van der Waals surface area contributed by atoms with E-state index in [9.17, 15) is 9.90 Å². The lowest BCUT2D eigenvalue weighted by molar-refractivity contribution is -0.132. The Morgan fingerprint density at radius 3 is 1.96 bits per heavy atom. The first-order valence-electron chi connectivity index (χ1n) is 16.8. The van der Waals surface area contributed by atoms with E-state index in [0.29, 0.717) is 0 Å². The van der Waals surface area contributed by atoms with Crippen LogP contribution in [0.3, 0.4) is 0 Å². The van der Waals surface area contributed by atoms with Crippen LogP contribution in [-0.2, 0) is 11.3 Å². The lowest BCUT2D eigenvalue weighted by Gasteiger charge is -2.26. The van der Waals surface area contributed by atoms with Crippen LogP contribution in [0.15, 0.2) is 103 Å². The molecule has 0 aliphatic rings. The Morgan fingerprint density at radius 2 is 1.41 bits per heavy atom. The van der Waals surface area contributed by atoms with Gasteiger partial charge in [0.25, 0.3) is 5.70 Å². The number of nitrogens with zero attached hydrogens (tertiary/aromatic N) is 3. The fourth-order valence-corrected chi connectivity index (χ4v) is 8.32. The molecular weight excluding hydrogens is 675 g/mol. The number of anilines is 3. The van der Waals surface area contributed by atoms with Crippen LogP contribution in [0.25, 0.3) is 43.0 Å². The molecule has 3 aromatic carbocycles. The van der Waals surface area contributed by atoms with Gasteiger partial charge in [-0.05, 0) is 109 Å². The molecule has 6 aromatic rings. The average molecular weight is 714 g/mol. The van der Waals surface area contributed by atoms with Crippen molar-refractivity contribution in [3.05, 3.63) is 130 Å². The molecule has 0 radical (unpaired) electrons. The van der Waals surface area contributed by atoms with Crippen LogP contribution in [0.4, 0.5) is 17.1 Å². The number of rotatable bonds is 15. The van der Waals surface area contributed by atoms with Crippen molar-refractivity contribution in [2.45, 2.75) is 39.2 Å². The van der Waals surface area contributed by atoms with Crippen LogP contribution in [0.2, 0.25) is 0 Å². The summed E-state index contributed by atoms with van der Waals surface area (Å²) in [5.41, 5.74) is 6.22. The minimum Gasteiger partial charge on any atom is -0.497 e. The molecule has 7 nitrogen and oxygen atoms in total. The summed E-state index contributed by atoms with van der Waals surface area (Å²) in [6, 6.07) is 33.2. The number of ether oxygens (including phenoxy) is 2. The van der Waals surface area contributed by atoms with Crippen LogP contribution in [-0.4, -0.2) is 29.9 Å². The van der Waals surface area contributed by atoms with E-state index in [2.05, 4.69) is 100 Å². The molecule has 0 saturated heterocycles. The topological polar surface area (TPSA) is 68.3 Å². The number of fused-ring (bicyclic) bond motifs is 1. The molecule has 3 heterocycles. The maximum Gasteiger partial charge on any atom is 0.333 e. The standard InChI is InChI=1S/C42H39N3O4S2/c1-5-6-7-8-25-44-30(19-24-38(44)39-28-41-40(51-39)27-36(50-41)26-37(43-2)42(46)47)12-9-29-10-13-31(14-11-29)45(32-15-20-34(48-3)21-16-32)33-17-22-35(49-4)23-18-33/h9-24,26-28H,5-8,25H2,1,3-4H3,(H,46,47)/b12-9+,37-26-. The molecule has 0 bridgehead atoms. The van der Waals surface area contributed by atoms with Crippen molar-refractivity contribution >= 4 is 73.3 Å². The molecule has 0 saturated carbocycles. The number of aliphatic carboxylic acids is 1. The first kappa shape index (κ1) is 35.3. The quantitative estimate of drug-likeness (QED) is 0.0652. The third-order valence-electron chi connectivity index (χ3n) is 8.61. The second kappa shape index (κ2) is 16.4. The molecule has 51 heavy (non-hydrogen) atoms. The Labute approximate surface area is 306 Å². The van der Waals surface area contributed by atoms with E-state index in [1.165, 1.54) is 47.2 Å². The largest absolute Gasteiger partial charge is 0.497 e. The third kappa shape index (κ3) is 8.26. The molecule has 6 rings (SSSR count). The number of carboxylic acid groups (broad SMARTS) is 1. The molecular formula is C42H39N3O4S2. The van der Waals surface area contributed by atoms with Crippen molar-refractivity contribution in [3.8, 4) is 22.1 Å². The molecule has 3 aromatic heterocycles.